The van der Waals surface area contributed by atoms with Crippen LogP contribution in [0.15, 0.2) is 54.6 Å². The van der Waals surface area contributed by atoms with E-state index in [1.165, 1.54) is 5.56 Å². The maximum absolute atomic E-state index is 12.9. The van der Waals surface area contributed by atoms with Gasteiger partial charge in [-0.25, -0.2) is 4.79 Å². The number of carbonyl (C=O) groups is 3. The van der Waals surface area contributed by atoms with E-state index < -0.39 is 29.6 Å². The molecule has 1 atom stereocenters. The number of hydrogen-bond acceptors (Lipinski definition) is 5. The lowest BCUT2D eigenvalue weighted by Gasteiger charge is -2.23. The van der Waals surface area contributed by atoms with Crippen LogP contribution in [0.3, 0.4) is 0 Å². The van der Waals surface area contributed by atoms with E-state index in [-0.39, 0.29) is 19.4 Å². The fourth-order valence-electron chi connectivity index (χ4n) is 3.12. The number of esters is 1. The van der Waals surface area contributed by atoms with Crippen molar-refractivity contribution in [3.63, 3.8) is 0 Å². The highest BCUT2D eigenvalue weighted by Crippen LogP contribution is 2.15. The minimum atomic E-state index is -0.936. The van der Waals surface area contributed by atoms with E-state index in [1.54, 1.807) is 20.8 Å². The lowest BCUT2D eigenvalue weighted by atomic mass is 10.0. The van der Waals surface area contributed by atoms with E-state index in [0.717, 1.165) is 11.1 Å². The van der Waals surface area contributed by atoms with Gasteiger partial charge in [0.15, 0.2) is 0 Å². The van der Waals surface area contributed by atoms with Crippen molar-refractivity contribution in [2.75, 3.05) is 0 Å². The molecule has 0 fully saturated rings. The van der Waals surface area contributed by atoms with Crippen molar-refractivity contribution in [3.05, 3.63) is 71.3 Å². The first-order valence-corrected chi connectivity index (χ1v) is 11.6. The molecule has 0 aliphatic heterocycles. The monoisotopic (exact) mass is 468 g/mol. The highest BCUT2D eigenvalue weighted by molar-refractivity contribution is 5.86. The Labute approximate surface area is 202 Å². The van der Waals surface area contributed by atoms with Crippen LogP contribution in [0.2, 0.25) is 0 Å². The molecule has 2 aromatic rings. The molecule has 0 spiro atoms. The Morgan fingerprint density at radius 1 is 0.912 bits per heavy atom. The molecule has 7 nitrogen and oxygen atoms in total. The summed E-state index contributed by atoms with van der Waals surface area (Å²) in [5.41, 5.74) is 2.32. The van der Waals surface area contributed by atoms with E-state index in [9.17, 15) is 14.4 Å². The molecule has 2 amide bonds. The zero-order chi connectivity index (χ0) is 25.1. The highest BCUT2D eigenvalue weighted by atomic mass is 16.6. The largest absolute Gasteiger partial charge is 0.461 e. The fraction of sp³-hybridized carbons (Fsp3) is 0.444. The standard InChI is InChI=1S/C27H36N2O5/c1-19(2)22-13-11-20(12-14-22)17-28-25(31)23(29-26(32)34-27(3,4)5)15-16-24(30)33-18-21-9-7-6-8-10-21/h6-14,19,23H,15-18H2,1-5H3,(H,28,31)(H,29,32)/t23-/m1/s1. The van der Waals surface area contributed by atoms with Crippen LogP contribution in [0.5, 0.6) is 0 Å². The molecule has 34 heavy (non-hydrogen) atoms. The Morgan fingerprint density at radius 3 is 2.15 bits per heavy atom. The number of hydrogen-bond donors (Lipinski definition) is 2. The molecule has 0 aromatic heterocycles. The van der Waals surface area contributed by atoms with Gasteiger partial charge in [-0.05, 0) is 49.8 Å². The summed E-state index contributed by atoms with van der Waals surface area (Å²) in [4.78, 5) is 37.4. The van der Waals surface area contributed by atoms with Crippen LogP contribution >= 0.6 is 0 Å². The fourth-order valence-corrected chi connectivity index (χ4v) is 3.12. The zero-order valence-corrected chi connectivity index (χ0v) is 20.7. The molecule has 0 saturated carbocycles. The first-order chi connectivity index (χ1) is 16.0. The van der Waals surface area contributed by atoms with Gasteiger partial charge in [-0.3, -0.25) is 9.59 Å². The van der Waals surface area contributed by atoms with E-state index in [2.05, 4.69) is 24.5 Å². The lowest BCUT2D eigenvalue weighted by Crippen LogP contribution is -2.48. The van der Waals surface area contributed by atoms with Crippen molar-refractivity contribution in [1.82, 2.24) is 10.6 Å². The van der Waals surface area contributed by atoms with Gasteiger partial charge in [0.1, 0.15) is 18.2 Å². The number of ether oxygens (including phenoxy) is 2. The van der Waals surface area contributed by atoms with E-state index in [0.29, 0.717) is 12.5 Å². The van der Waals surface area contributed by atoms with Crippen molar-refractivity contribution in [3.8, 4) is 0 Å². The van der Waals surface area contributed by atoms with Crippen molar-refractivity contribution in [2.24, 2.45) is 0 Å². The van der Waals surface area contributed by atoms with Gasteiger partial charge in [-0.15, -0.1) is 0 Å². The summed E-state index contributed by atoms with van der Waals surface area (Å²) in [6.45, 7) is 9.92. The van der Waals surface area contributed by atoms with Crippen molar-refractivity contribution >= 4 is 18.0 Å². The Morgan fingerprint density at radius 2 is 1.56 bits per heavy atom. The topological polar surface area (TPSA) is 93.7 Å². The van der Waals surface area contributed by atoms with Crippen molar-refractivity contribution in [2.45, 2.75) is 78.2 Å². The Balaban J connectivity index is 1.94. The van der Waals surface area contributed by atoms with Crippen LogP contribution in [0.1, 0.15) is 70.1 Å². The first kappa shape index (κ1) is 26.9. The first-order valence-electron chi connectivity index (χ1n) is 11.6. The summed E-state index contributed by atoms with van der Waals surface area (Å²) < 4.78 is 10.6. The highest BCUT2D eigenvalue weighted by Gasteiger charge is 2.25. The number of rotatable bonds is 10. The molecule has 2 aromatic carbocycles. The zero-order valence-electron chi connectivity index (χ0n) is 20.7. The maximum Gasteiger partial charge on any atom is 0.408 e. The number of carbonyl (C=O) groups excluding carboxylic acids is 3. The van der Waals surface area contributed by atoms with Crippen molar-refractivity contribution < 1.29 is 23.9 Å². The second-order valence-electron chi connectivity index (χ2n) is 9.50. The SMILES string of the molecule is CC(C)c1ccc(CNC(=O)[C@@H](CCC(=O)OCc2ccccc2)NC(=O)OC(C)(C)C)cc1. The average molecular weight is 469 g/mol. The Kier molecular flexibility index (Phi) is 10.1. The molecule has 7 heteroatoms. The summed E-state index contributed by atoms with van der Waals surface area (Å²) in [5.74, 6) is -0.417. The van der Waals surface area contributed by atoms with Crippen LogP contribution in [0.25, 0.3) is 0 Å². The second-order valence-corrected chi connectivity index (χ2v) is 9.50. The van der Waals surface area contributed by atoms with Crippen molar-refractivity contribution in [1.29, 1.82) is 0 Å². The van der Waals surface area contributed by atoms with Gasteiger partial charge in [0, 0.05) is 13.0 Å². The molecule has 0 radical (unpaired) electrons. The number of alkyl carbamates (subject to hydrolysis) is 1. The number of benzene rings is 2. The van der Waals surface area contributed by atoms with Gasteiger partial charge < -0.3 is 20.1 Å². The number of amides is 2. The minimum absolute atomic E-state index is 0.0240. The van der Waals surface area contributed by atoms with Crippen LogP contribution in [0, 0.1) is 0 Å². The van der Waals surface area contributed by atoms with Gasteiger partial charge in [-0.2, -0.15) is 0 Å². The molecule has 0 unspecified atom stereocenters. The maximum atomic E-state index is 12.9. The number of nitrogens with one attached hydrogen (secondary N) is 2. The van der Waals surface area contributed by atoms with Crippen LogP contribution < -0.4 is 10.6 Å². The summed E-state index contributed by atoms with van der Waals surface area (Å²) >= 11 is 0. The Hall–Kier alpha value is -3.35. The van der Waals surface area contributed by atoms with E-state index in [1.807, 2.05) is 54.6 Å². The summed E-state index contributed by atoms with van der Waals surface area (Å²) in [5, 5.41) is 5.42. The summed E-state index contributed by atoms with van der Waals surface area (Å²) in [7, 11) is 0. The lowest BCUT2D eigenvalue weighted by molar-refractivity contribution is -0.145. The molecular weight excluding hydrogens is 432 g/mol. The summed E-state index contributed by atoms with van der Waals surface area (Å²) in [6.07, 6.45) is -0.652. The average Bonchev–Trinajstić information content (AvgIpc) is 2.78. The smallest absolute Gasteiger partial charge is 0.408 e. The quantitative estimate of drug-likeness (QED) is 0.487. The second kappa shape index (κ2) is 12.8. The van der Waals surface area contributed by atoms with E-state index in [4.69, 9.17) is 9.47 Å². The van der Waals surface area contributed by atoms with Gasteiger partial charge >= 0.3 is 12.1 Å². The van der Waals surface area contributed by atoms with Crippen LogP contribution in [0.4, 0.5) is 4.79 Å². The Bertz CT molecular complexity index is 934. The van der Waals surface area contributed by atoms with Crippen LogP contribution in [-0.4, -0.2) is 29.6 Å². The van der Waals surface area contributed by atoms with E-state index >= 15 is 0 Å². The van der Waals surface area contributed by atoms with Gasteiger partial charge in [0.2, 0.25) is 5.91 Å². The molecule has 0 heterocycles. The third-order valence-electron chi connectivity index (χ3n) is 5.00. The third kappa shape index (κ3) is 10.1. The summed E-state index contributed by atoms with van der Waals surface area (Å²) in [6, 6.07) is 16.4. The molecule has 2 N–H and O–H groups in total. The molecule has 0 aliphatic rings. The molecule has 184 valence electrons. The normalized spacial score (nSPS) is 12.1. The molecule has 2 rings (SSSR count). The minimum Gasteiger partial charge on any atom is -0.461 e. The molecule has 0 aliphatic carbocycles. The van der Waals surface area contributed by atoms with Gasteiger partial charge in [0.05, 0.1) is 0 Å². The third-order valence-corrected chi connectivity index (χ3v) is 5.00. The predicted molar refractivity (Wildman–Crippen MR) is 131 cm³/mol. The van der Waals surface area contributed by atoms with Gasteiger partial charge in [0.25, 0.3) is 0 Å². The molecular formula is C27H36N2O5. The molecule has 0 saturated heterocycles. The van der Waals surface area contributed by atoms with Crippen LogP contribution in [-0.2, 0) is 32.2 Å². The van der Waals surface area contributed by atoms with Gasteiger partial charge in [-0.1, -0.05) is 68.4 Å². The molecule has 0 bridgehead atoms. The predicted octanol–water partition coefficient (Wildman–Crippen LogP) is 4.84.